The number of hydrogen-bond donors (Lipinski definition) is 1. The topological polar surface area (TPSA) is 42.1 Å². The van der Waals surface area contributed by atoms with Crippen LogP contribution in [0.2, 0.25) is 0 Å². The summed E-state index contributed by atoms with van der Waals surface area (Å²) in [6, 6.07) is 17.8. The Morgan fingerprint density at radius 1 is 1.07 bits per heavy atom. The molecule has 3 aromatic rings. The van der Waals surface area contributed by atoms with E-state index < -0.39 is 0 Å². The third-order valence-corrected chi connectivity index (χ3v) is 6.03. The summed E-state index contributed by atoms with van der Waals surface area (Å²) in [5.41, 5.74) is 16.2. The van der Waals surface area contributed by atoms with E-state index in [-0.39, 0.29) is 5.41 Å². The van der Waals surface area contributed by atoms with Gasteiger partial charge in [0.15, 0.2) is 0 Å². The Bertz CT molecular complexity index is 1040. The van der Waals surface area contributed by atoms with Gasteiger partial charge in [0.05, 0.1) is 5.69 Å². The summed E-state index contributed by atoms with van der Waals surface area (Å²) < 4.78 is 0. The summed E-state index contributed by atoms with van der Waals surface area (Å²) in [4.78, 5) is 7.31. The normalized spacial score (nSPS) is 17.0. The van der Waals surface area contributed by atoms with Crippen LogP contribution in [0.15, 0.2) is 54.7 Å². The summed E-state index contributed by atoms with van der Waals surface area (Å²) in [7, 11) is 0. The average Bonchev–Trinajstić information content (AvgIpc) is 2.68. The van der Waals surface area contributed by atoms with Gasteiger partial charge >= 0.3 is 0 Å². The van der Waals surface area contributed by atoms with Gasteiger partial charge in [-0.25, -0.2) is 0 Å². The minimum absolute atomic E-state index is 0.224. The molecule has 0 fully saturated rings. The van der Waals surface area contributed by atoms with Crippen molar-refractivity contribution in [2.24, 2.45) is 5.41 Å². The highest BCUT2D eigenvalue weighted by Gasteiger charge is 2.31. The maximum atomic E-state index is 6.39. The number of nitrogens with zero attached hydrogens (tertiary/aromatic N) is 2. The average molecular weight is 400 g/mol. The van der Waals surface area contributed by atoms with Crippen molar-refractivity contribution in [3.05, 3.63) is 82.5 Å². The minimum atomic E-state index is 0.224. The maximum absolute atomic E-state index is 6.39. The monoisotopic (exact) mass is 399 g/mol. The Balaban J connectivity index is 1.77. The highest BCUT2D eigenvalue weighted by Crippen LogP contribution is 2.39. The molecule has 0 saturated carbocycles. The second-order valence-electron chi connectivity index (χ2n) is 9.97. The van der Waals surface area contributed by atoms with E-state index in [0.29, 0.717) is 6.04 Å². The molecule has 156 valence electrons. The predicted octanol–water partition coefficient (Wildman–Crippen LogP) is 6.09. The molecule has 2 aromatic carbocycles. The van der Waals surface area contributed by atoms with E-state index in [0.717, 1.165) is 30.9 Å². The summed E-state index contributed by atoms with van der Waals surface area (Å²) in [5, 5.41) is 0. The fourth-order valence-electron chi connectivity index (χ4n) is 4.56. The van der Waals surface area contributed by atoms with E-state index >= 15 is 0 Å². The van der Waals surface area contributed by atoms with Crippen molar-refractivity contribution in [1.29, 1.82) is 0 Å². The van der Waals surface area contributed by atoms with E-state index in [9.17, 15) is 0 Å². The third-order valence-electron chi connectivity index (χ3n) is 6.03. The molecule has 3 heteroatoms. The molecule has 0 spiro atoms. The third kappa shape index (κ3) is 4.27. The molecule has 0 radical (unpaired) electrons. The molecule has 1 atom stereocenters. The van der Waals surface area contributed by atoms with Crippen LogP contribution in [0.5, 0.6) is 0 Å². The van der Waals surface area contributed by atoms with Crippen molar-refractivity contribution in [2.75, 3.05) is 12.3 Å². The van der Waals surface area contributed by atoms with Gasteiger partial charge in [0.1, 0.15) is 0 Å². The molecule has 2 heterocycles. The lowest BCUT2D eigenvalue weighted by Gasteiger charge is -2.41. The van der Waals surface area contributed by atoms with Gasteiger partial charge in [-0.15, -0.1) is 0 Å². The molecule has 4 rings (SSSR count). The van der Waals surface area contributed by atoms with Gasteiger partial charge in [-0.2, -0.15) is 0 Å². The van der Waals surface area contributed by atoms with Crippen LogP contribution in [0.3, 0.4) is 0 Å². The molecular weight excluding hydrogens is 366 g/mol. The Morgan fingerprint density at radius 3 is 2.57 bits per heavy atom. The van der Waals surface area contributed by atoms with E-state index in [1.165, 1.54) is 33.4 Å². The first-order chi connectivity index (χ1) is 14.2. The summed E-state index contributed by atoms with van der Waals surface area (Å²) in [6.07, 6.45) is 2.90. The lowest BCUT2D eigenvalue weighted by molar-refractivity contribution is 0.118. The maximum Gasteiger partial charge on any atom is 0.0704 e. The number of fused-ring (bicyclic) bond motifs is 1. The molecule has 0 bridgehead atoms. The van der Waals surface area contributed by atoms with Crippen LogP contribution in [0.1, 0.15) is 54.6 Å². The fraction of sp³-hybridized carbons (Fsp3) is 0.370. The van der Waals surface area contributed by atoms with Crippen molar-refractivity contribution >= 4 is 5.69 Å². The van der Waals surface area contributed by atoms with Crippen molar-refractivity contribution < 1.29 is 0 Å². The smallest absolute Gasteiger partial charge is 0.0704 e. The van der Waals surface area contributed by atoms with E-state index in [4.69, 9.17) is 10.7 Å². The first-order valence-electron chi connectivity index (χ1n) is 10.9. The number of benzene rings is 2. The second kappa shape index (κ2) is 7.88. The van der Waals surface area contributed by atoms with Gasteiger partial charge in [-0.3, -0.25) is 9.88 Å². The SMILES string of the molecule is Cc1ccc(-c2cc(C3Cc4c(N)cccc4CN3CC(C)(C)C)ccc2C)nc1. The highest BCUT2D eigenvalue weighted by atomic mass is 15.2. The molecular formula is C27H33N3. The zero-order chi connectivity index (χ0) is 21.5. The Kier molecular flexibility index (Phi) is 5.42. The second-order valence-corrected chi connectivity index (χ2v) is 9.97. The summed E-state index contributed by atoms with van der Waals surface area (Å²) >= 11 is 0. The zero-order valence-corrected chi connectivity index (χ0v) is 18.9. The van der Waals surface area contributed by atoms with Gasteiger partial charge in [-0.1, -0.05) is 51.1 Å². The number of aryl methyl sites for hydroxylation is 2. The van der Waals surface area contributed by atoms with Crippen LogP contribution >= 0.6 is 0 Å². The number of pyridine rings is 1. The Morgan fingerprint density at radius 2 is 1.87 bits per heavy atom. The molecule has 0 amide bonds. The number of anilines is 1. The van der Waals surface area contributed by atoms with Crippen LogP contribution in [-0.4, -0.2) is 16.4 Å². The van der Waals surface area contributed by atoms with Gasteiger partial charge in [0.25, 0.3) is 0 Å². The highest BCUT2D eigenvalue weighted by molar-refractivity contribution is 5.65. The molecule has 30 heavy (non-hydrogen) atoms. The van der Waals surface area contributed by atoms with Crippen LogP contribution in [0, 0.1) is 19.3 Å². The van der Waals surface area contributed by atoms with E-state index in [2.05, 4.69) is 82.0 Å². The molecule has 1 aliphatic heterocycles. The molecule has 3 nitrogen and oxygen atoms in total. The van der Waals surface area contributed by atoms with Crippen molar-refractivity contribution in [3.8, 4) is 11.3 Å². The lowest BCUT2D eigenvalue weighted by atomic mass is 9.85. The molecule has 0 aliphatic carbocycles. The van der Waals surface area contributed by atoms with Gasteiger partial charge in [0.2, 0.25) is 0 Å². The molecule has 2 N–H and O–H groups in total. The van der Waals surface area contributed by atoms with Crippen LogP contribution in [0.25, 0.3) is 11.3 Å². The van der Waals surface area contributed by atoms with E-state index in [1.54, 1.807) is 0 Å². The van der Waals surface area contributed by atoms with Gasteiger partial charge in [0, 0.05) is 36.6 Å². The largest absolute Gasteiger partial charge is 0.398 e. The quantitative estimate of drug-likeness (QED) is 0.542. The summed E-state index contributed by atoms with van der Waals surface area (Å²) in [5.74, 6) is 0. The summed E-state index contributed by atoms with van der Waals surface area (Å²) in [6.45, 7) is 13.2. The van der Waals surface area contributed by atoms with Gasteiger partial charge in [-0.05, 0) is 71.7 Å². The Labute approximate surface area is 181 Å². The van der Waals surface area contributed by atoms with Crippen LogP contribution in [0.4, 0.5) is 5.69 Å². The fourth-order valence-corrected chi connectivity index (χ4v) is 4.56. The Hall–Kier alpha value is -2.65. The molecule has 0 saturated heterocycles. The predicted molar refractivity (Wildman–Crippen MR) is 126 cm³/mol. The van der Waals surface area contributed by atoms with Crippen molar-refractivity contribution in [2.45, 2.75) is 53.6 Å². The number of nitrogen functional groups attached to an aromatic ring is 1. The van der Waals surface area contributed by atoms with Crippen molar-refractivity contribution in [1.82, 2.24) is 9.88 Å². The number of hydrogen-bond acceptors (Lipinski definition) is 3. The first-order valence-corrected chi connectivity index (χ1v) is 10.9. The number of rotatable bonds is 3. The molecule has 1 unspecified atom stereocenters. The standard InChI is InChI=1S/C27H33N3/c1-18-9-12-25(29-15-18)22-13-20(11-10-19(22)2)26-14-23-21(7-6-8-24(23)28)16-30(26)17-27(3,4)5/h6-13,15,26H,14,16-17,28H2,1-5H3. The van der Waals surface area contributed by atoms with Crippen LogP contribution in [-0.2, 0) is 13.0 Å². The molecule has 1 aromatic heterocycles. The van der Waals surface area contributed by atoms with Crippen LogP contribution < -0.4 is 5.73 Å². The van der Waals surface area contributed by atoms with Gasteiger partial charge < -0.3 is 5.73 Å². The lowest BCUT2D eigenvalue weighted by Crippen LogP contribution is -2.39. The van der Waals surface area contributed by atoms with Crippen molar-refractivity contribution in [3.63, 3.8) is 0 Å². The van der Waals surface area contributed by atoms with E-state index in [1.807, 2.05) is 12.3 Å². The number of nitrogens with two attached hydrogens (primary N) is 1. The zero-order valence-electron chi connectivity index (χ0n) is 18.9. The molecule has 1 aliphatic rings. The first kappa shape index (κ1) is 20.6. The number of aromatic nitrogens is 1. The minimum Gasteiger partial charge on any atom is -0.398 e.